The third kappa shape index (κ3) is 5.15. The van der Waals surface area contributed by atoms with Crippen LogP contribution in [0.25, 0.3) is 31.6 Å². The third-order valence-corrected chi connectivity index (χ3v) is 5.95. The molecule has 0 aliphatic heterocycles. The van der Waals surface area contributed by atoms with Crippen LogP contribution >= 0.6 is 11.3 Å². The Balaban J connectivity index is 0.000000461. The highest BCUT2D eigenvalue weighted by molar-refractivity contribution is 7.85. The molecule has 6 nitrogen and oxygen atoms in total. The van der Waals surface area contributed by atoms with Crippen molar-refractivity contribution < 1.29 is 23.2 Å². The summed E-state index contributed by atoms with van der Waals surface area (Å²) in [6.07, 6.45) is 0.715. The van der Waals surface area contributed by atoms with Crippen molar-refractivity contribution in [2.24, 2.45) is 0 Å². The first kappa shape index (κ1) is 22.6. The zero-order chi connectivity index (χ0) is 21.9. The van der Waals surface area contributed by atoms with Crippen LogP contribution in [0.3, 0.4) is 0 Å². The van der Waals surface area contributed by atoms with Crippen LogP contribution in [-0.4, -0.2) is 48.2 Å². The number of thiophene rings is 1. The Kier molecular flexibility index (Phi) is 6.76. The van der Waals surface area contributed by atoms with E-state index in [0.717, 1.165) is 0 Å². The second-order valence-electron chi connectivity index (χ2n) is 7.54. The fourth-order valence-corrected chi connectivity index (χ4v) is 4.25. The molecule has 0 saturated carbocycles. The summed E-state index contributed by atoms with van der Waals surface area (Å²) in [5.41, 5.74) is 0.532. The Morgan fingerprint density at radius 2 is 1.63 bits per heavy atom. The SMILES string of the molecule is CC(CO)(CO)NCc1c2ccc3ccccc3c2cc2ccsc12.CS(=O)(=O)O. The van der Waals surface area contributed by atoms with Crippen LogP contribution in [-0.2, 0) is 16.7 Å². The molecule has 0 saturated heterocycles. The van der Waals surface area contributed by atoms with Crippen molar-refractivity contribution in [3.63, 3.8) is 0 Å². The van der Waals surface area contributed by atoms with Crippen LogP contribution in [0.1, 0.15) is 12.5 Å². The number of hydrogen-bond donors (Lipinski definition) is 4. The quantitative estimate of drug-likeness (QED) is 0.275. The van der Waals surface area contributed by atoms with Crippen LogP contribution in [0, 0.1) is 0 Å². The van der Waals surface area contributed by atoms with Gasteiger partial charge >= 0.3 is 0 Å². The summed E-state index contributed by atoms with van der Waals surface area (Å²) in [5.74, 6) is 0. The van der Waals surface area contributed by atoms with E-state index in [1.54, 1.807) is 11.3 Å². The number of benzene rings is 3. The highest BCUT2D eigenvalue weighted by Crippen LogP contribution is 2.36. The van der Waals surface area contributed by atoms with E-state index in [4.69, 9.17) is 4.55 Å². The first-order valence-electron chi connectivity index (χ1n) is 9.35. The molecule has 4 aromatic rings. The topological polar surface area (TPSA) is 107 Å². The number of aliphatic hydroxyl groups excluding tert-OH is 2. The highest BCUT2D eigenvalue weighted by atomic mass is 32.2. The van der Waals surface area contributed by atoms with Crippen LogP contribution < -0.4 is 5.32 Å². The predicted molar refractivity (Wildman–Crippen MR) is 124 cm³/mol. The average Bonchev–Trinajstić information content (AvgIpc) is 3.18. The van der Waals surface area contributed by atoms with Gasteiger partial charge in [-0.25, -0.2) is 0 Å². The van der Waals surface area contributed by atoms with Gasteiger partial charge in [-0.2, -0.15) is 8.42 Å². The minimum atomic E-state index is -3.67. The molecule has 160 valence electrons. The number of nitrogens with one attached hydrogen (secondary N) is 1. The molecule has 0 atom stereocenters. The summed E-state index contributed by atoms with van der Waals surface area (Å²) in [6.45, 7) is 2.22. The Morgan fingerprint density at radius 3 is 2.30 bits per heavy atom. The van der Waals surface area contributed by atoms with Gasteiger partial charge in [0, 0.05) is 11.2 Å². The van der Waals surface area contributed by atoms with Gasteiger partial charge in [0.2, 0.25) is 0 Å². The summed E-state index contributed by atoms with van der Waals surface area (Å²) >= 11 is 1.73. The minimum Gasteiger partial charge on any atom is -0.394 e. The fraction of sp³-hybridized carbons (Fsp3) is 0.273. The zero-order valence-corrected chi connectivity index (χ0v) is 18.4. The molecule has 4 rings (SSSR count). The zero-order valence-electron chi connectivity index (χ0n) is 16.8. The van der Waals surface area contributed by atoms with Gasteiger partial charge in [0.25, 0.3) is 10.1 Å². The second kappa shape index (κ2) is 8.97. The van der Waals surface area contributed by atoms with Crippen molar-refractivity contribution in [2.75, 3.05) is 19.5 Å². The minimum absolute atomic E-state index is 0.106. The molecule has 4 N–H and O–H groups in total. The summed E-state index contributed by atoms with van der Waals surface area (Å²) in [4.78, 5) is 0. The first-order valence-corrected chi connectivity index (χ1v) is 12.1. The predicted octanol–water partition coefficient (Wildman–Crippen LogP) is 3.54. The molecule has 8 heteroatoms. The first-order chi connectivity index (χ1) is 14.1. The summed E-state index contributed by atoms with van der Waals surface area (Å²) in [7, 11) is -3.67. The Hall–Kier alpha value is -2.07. The molecule has 3 aromatic carbocycles. The number of rotatable bonds is 5. The van der Waals surface area contributed by atoms with Crippen LogP contribution in [0.5, 0.6) is 0 Å². The van der Waals surface area contributed by atoms with Gasteiger partial charge in [0.05, 0.1) is 25.0 Å². The van der Waals surface area contributed by atoms with Crippen molar-refractivity contribution >= 4 is 53.1 Å². The monoisotopic (exact) mass is 447 g/mol. The molecule has 1 heterocycles. The van der Waals surface area contributed by atoms with Crippen molar-refractivity contribution in [1.82, 2.24) is 5.32 Å². The van der Waals surface area contributed by atoms with Gasteiger partial charge in [0.15, 0.2) is 0 Å². The van der Waals surface area contributed by atoms with E-state index in [2.05, 4.69) is 59.2 Å². The number of fused-ring (bicyclic) bond motifs is 4. The van der Waals surface area contributed by atoms with Gasteiger partial charge in [-0.3, -0.25) is 4.55 Å². The van der Waals surface area contributed by atoms with E-state index in [1.165, 1.54) is 37.2 Å². The normalized spacial score (nSPS) is 12.3. The summed E-state index contributed by atoms with van der Waals surface area (Å²) in [5, 5.41) is 30.8. The molecular formula is C22H25NO5S2. The van der Waals surface area contributed by atoms with Crippen LogP contribution in [0.15, 0.2) is 53.9 Å². The van der Waals surface area contributed by atoms with Crippen LogP contribution in [0.2, 0.25) is 0 Å². The van der Waals surface area contributed by atoms with E-state index >= 15 is 0 Å². The lowest BCUT2D eigenvalue weighted by molar-refractivity contribution is 0.103. The van der Waals surface area contributed by atoms with Crippen molar-refractivity contribution in [3.8, 4) is 0 Å². The van der Waals surface area contributed by atoms with E-state index in [-0.39, 0.29) is 13.2 Å². The molecule has 30 heavy (non-hydrogen) atoms. The lowest BCUT2D eigenvalue weighted by atomic mass is 9.96. The van der Waals surface area contributed by atoms with Gasteiger partial charge < -0.3 is 15.5 Å². The molecule has 0 fully saturated rings. The Bertz CT molecular complexity index is 1270. The molecule has 0 bridgehead atoms. The Labute approximate surface area is 179 Å². The van der Waals surface area contributed by atoms with E-state index in [9.17, 15) is 18.6 Å². The molecule has 0 spiro atoms. The lowest BCUT2D eigenvalue weighted by Gasteiger charge is -2.27. The molecule has 1 aromatic heterocycles. The third-order valence-electron chi connectivity index (χ3n) is 4.96. The summed E-state index contributed by atoms with van der Waals surface area (Å²) in [6, 6.07) is 17.2. The number of aliphatic hydroxyl groups is 2. The van der Waals surface area contributed by atoms with Crippen molar-refractivity contribution in [3.05, 3.63) is 59.5 Å². The van der Waals surface area contributed by atoms with E-state index < -0.39 is 15.7 Å². The van der Waals surface area contributed by atoms with Crippen molar-refractivity contribution in [2.45, 2.75) is 19.0 Å². The van der Waals surface area contributed by atoms with Crippen molar-refractivity contribution in [1.29, 1.82) is 0 Å². The van der Waals surface area contributed by atoms with Gasteiger partial charge in [-0.1, -0.05) is 36.4 Å². The molecular weight excluding hydrogens is 422 g/mol. The lowest BCUT2D eigenvalue weighted by Crippen LogP contribution is -2.48. The van der Waals surface area contributed by atoms with Gasteiger partial charge in [0.1, 0.15) is 0 Å². The molecule has 0 aliphatic carbocycles. The highest BCUT2D eigenvalue weighted by Gasteiger charge is 2.22. The maximum atomic E-state index is 9.57. The molecule has 0 unspecified atom stereocenters. The maximum Gasteiger partial charge on any atom is 0.261 e. The molecule has 0 radical (unpaired) electrons. The van der Waals surface area contributed by atoms with Gasteiger partial charge in [-0.15, -0.1) is 11.3 Å². The average molecular weight is 448 g/mol. The van der Waals surface area contributed by atoms with E-state index in [1.807, 2.05) is 6.92 Å². The molecule has 0 aliphatic rings. The number of hydrogen-bond acceptors (Lipinski definition) is 6. The second-order valence-corrected chi connectivity index (χ2v) is 9.92. The maximum absolute atomic E-state index is 9.57. The largest absolute Gasteiger partial charge is 0.394 e. The molecule has 0 amide bonds. The summed E-state index contributed by atoms with van der Waals surface area (Å²) < 4.78 is 27.1. The smallest absolute Gasteiger partial charge is 0.261 e. The van der Waals surface area contributed by atoms with Crippen LogP contribution in [0.4, 0.5) is 0 Å². The standard InChI is InChI=1S/C21H21NO2S.CH4O3S/c1-21(12-23,13-24)22-11-19-17-7-6-14-4-2-3-5-16(14)18(17)10-15-8-9-25-20(15)19;1-5(2,3)4/h2-10,22-24H,11-13H2,1H3;1H3,(H,2,3,4). The Morgan fingerprint density at radius 1 is 0.967 bits per heavy atom. The van der Waals surface area contributed by atoms with Gasteiger partial charge in [-0.05, 0) is 56.9 Å². The fourth-order valence-electron chi connectivity index (χ4n) is 3.31. The van der Waals surface area contributed by atoms with E-state index in [0.29, 0.717) is 12.8 Å².